The number of nitrogens with zero attached hydrogens (tertiary/aromatic N) is 4. The number of fused-ring (bicyclic) bond motifs is 1. The van der Waals surface area contributed by atoms with Crippen LogP contribution in [0.5, 0.6) is 0 Å². The molecule has 1 fully saturated rings. The van der Waals surface area contributed by atoms with Gasteiger partial charge < -0.3 is 24.8 Å². The lowest BCUT2D eigenvalue weighted by atomic mass is 9.99. The first kappa shape index (κ1) is 29.5. The minimum absolute atomic E-state index is 0.00242. The molecule has 44 heavy (non-hydrogen) atoms. The van der Waals surface area contributed by atoms with Crippen LogP contribution in [0.15, 0.2) is 103 Å². The lowest BCUT2D eigenvalue weighted by Crippen LogP contribution is -2.38. The number of aliphatic hydroxyl groups is 1. The minimum Gasteiger partial charge on any atom is -0.392 e. The molecule has 9 nitrogen and oxygen atoms in total. The predicted molar refractivity (Wildman–Crippen MR) is 168 cm³/mol. The molecule has 1 aliphatic rings. The monoisotopic (exact) mass is 589 g/mol. The second-order valence-electron chi connectivity index (χ2n) is 11.0. The van der Waals surface area contributed by atoms with Gasteiger partial charge >= 0.3 is 0 Å². The van der Waals surface area contributed by atoms with Crippen LogP contribution in [0.1, 0.15) is 51.7 Å². The fourth-order valence-electron chi connectivity index (χ4n) is 5.31. The van der Waals surface area contributed by atoms with Crippen LogP contribution >= 0.6 is 0 Å². The zero-order valence-electron chi connectivity index (χ0n) is 24.5. The van der Waals surface area contributed by atoms with Gasteiger partial charge in [-0.2, -0.15) is 0 Å². The SMILES string of the molecule is CN(CCc1ccccn1)C[C@H]1C[C@@H](c2ccc(CO)cc2)O[C@@H](c2ccc(NC(=O)c3cnc4ccccc4n3)cc2)O1. The normalized spacial score (nSPS) is 18.4. The van der Waals surface area contributed by atoms with Gasteiger partial charge in [0, 0.05) is 49.1 Å². The summed E-state index contributed by atoms with van der Waals surface area (Å²) in [6.07, 6.45) is 4.02. The van der Waals surface area contributed by atoms with Gasteiger partial charge in [0.15, 0.2) is 6.29 Å². The lowest BCUT2D eigenvalue weighted by Gasteiger charge is -2.38. The van der Waals surface area contributed by atoms with Crippen molar-refractivity contribution >= 4 is 22.6 Å². The van der Waals surface area contributed by atoms with E-state index in [9.17, 15) is 9.90 Å². The number of para-hydroxylation sites is 2. The number of hydrogen-bond donors (Lipinski definition) is 2. The van der Waals surface area contributed by atoms with E-state index in [4.69, 9.17) is 9.47 Å². The van der Waals surface area contributed by atoms with E-state index in [0.29, 0.717) is 17.6 Å². The number of rotatable bonds is 10. The summed E-state index contributed by atoms with van der Waals surface area (Å²) in [5.41, 5.74) is 6.09. The standard InChI is InChI=1S/C35H35N5O4/c1-40(19-17-27-6-4-5-18-36-27)22-29-20-33(25-11-9-24(23-41)10-12-25)44-35(43-29)26-13-15-28(16-14-26)38-34(42)32-21-37-30-7-2-3-8-31(30)39-32/h2-16,18,21,29,33,35,41H,17,19-20,22-23H2,1H3,(H,38,42)/t29-,33+,35+/m1/s1. The summed E-state index contributed by atoms with van der Waals surface area (Å²) in [7, 11) is 2.10. The van der Waals surface area contributed by atoms with E-state index in [1.165, 1.54) is 6.20 Å². The number of benzene rings is 3. The average molecular weight is 590 g/mol. The van der Waals surface area contributed by atoms with Crippen molar-refractivity contribution in [2.45, 2.75) is 37.9 Å². The van der Waals surface area contributed by atoms with Crippen LogP contribution in [0, 0.1) is 0 Å². The summed E-state index contributed by atoms with van der Waals surface area (Å²) >= 11 is 0. The molecule has 1 amide bonds. The van der Waals surface area contributed by atoms with Gasteiger partial charge in [0.25, 0.3) is 5.91 Å². The van der Waals surface area contributed by atoms with Crippen molar-refractivity contribution in [3.8, 4) is 0 Å². The molecule has 1 aliphatic heterocycles. The molecule has 0 bridgehead atoms. The van der Waals surface area contributed by atoms with Crippen LogP contribution in [0.4, 0.5) is 5.69 Å². The van der Waals surface area contributed by atoms with Crippen molar-refractivity contribution in [3.63, 3.8) is 0 Å². The highest BCUT2D eigenvalue weighted by atomic mass is 16.7. The molecule has 0 aliphatic carbocycles. The van der Waals surface area contributed by atoms with E-state index in [-0.39, 0.29) is 30.4 Å². The van der Waals surface area contributed by atoms with Crippen molar-refractivity contribution < 1.29 is 19.4 Å². The Hall–Kier alpha value is -4.54. The molecule has 5 aromatic rings. The first-order chi connectivity index (χ1) is 21.5. The van der Waals surface area contributed by atoms with Gasteiger partial charge in [-0.15, -0.1) is 0 Å². The zero-order valence-corrected chi connectivity index (χ0v) is 24.5. The van der Waals surface area contributed by atoms with E-state index >= 15 is 0 Å². The summed E-state index contributed by atoms with van der Waals surface area (Å²) in [4.78, 5) is 28.4. The molecule has 3 atom stereocenters. The van der Waals surface area contributed by atoms with Crippen LogP contribution in [0.2, 0.25) is 0 Å². The van der Waals surface area contributed by atoms with Crippen molar-refractivity contribution in [1.82, 2.24) is 19.9 Å². The molecule has 6 rings (SSSR count). The molecule has 0 saturated carbocycles. The van der Waals surface area contributed by atoms with Crippen molar-refractivity contribution in [2.24, 2.45) is 0 Å². The maximum absolute atomic E-state index is 12.9. The highest BCUT2D eigenvalue weighted by Gasteiger charge is 2.32. The van der Waals surface area contributed by atoms with Crippen LogP contribution in [-0.4, -0.2) is 57.1 Å². The zero-order chi connectivity index (χ0) is 30.3. The Labute approximate surface area is 256 Å². The number of hydrogen-bond acceptors (Lipinski definition) is 8. The van der Waals surface area contributed by atoms with Crippen LogP contribution in [-0.2, 0) is 22.5 Å². The number of aliphatic hydroxyl groups excluding tert-OH is 1. The van der Waals surface area contributed by atoms with E-state index in [1.807, 2.05) is 97.2 Å². The van der Waals surface area contributed by atoms with Gasteiger partial charge in [-0.3, -0.25) is 14.8 Å². The number of anilines is 1. The third-order valence-electron chi connectivity index (χ3n) is 7.73. The number of carbonyl (C=O) groups is 1. The molecule has 3 heterocycles. The summed E-state index contributed by atoms with van der Waals surface area (Å²) in [5, 5.41) is 12.4. The Balaban J connectivity index is 1.14. The summed E-state index contributed by atoms with van der Waals surface area (Å²) < 4.78 is 13.0. The molecule has 1 saturated heterocycles. The molecular formula is C35H35N5O4. The smallest absolute Gasteiger partial charge is 0.275 e. The Morgan fingerprint density at radius 1 is 0.909 bits per heavy atom. The highest BCUT2D eigenvalue weighted by Crippen LogP contribution is 2.38. The number of pyridine rings is 1. The van der Waals surface area contributed by atoms with Gasteiger partial charge in [-0.25, -0.2) is 4.98 Å². The summed E-state index contributed by atoms with van der Waals surface area (Å²) in [6, 6.07) is 28.8. The first-order valence-electron chi connectivity index (χ1n) is 14.8. The molecule has 2 N–H and O–H groups in total. The van der Waals surface area contributed by atoms with Crippen LogP contribution in [0.3, 0.4) is 0 Å². The van der Waals surface area contributed by atoms with Gasteiger partial charge in [-0.1, -0.05) is 54.6 Å². The van der Waals surface area contributed by atoms with Gasteiger partial charge in [0.2, 0.25) is 0 Å². The van der Waals surface area contributed by atoms with Crippen molar-refractivity contribution in [2.75, 3.05) is 25.5 Å². The minimum atomic E-state index is -0.587. The fraction of sp³-hybridized carbons (Fsp3) is 0.257. The summed E-state index contributed by atoms with van der Waals surface area (Å²) in [6.45, 7) is 1.59. The summed E-state index contributed by atoms with van der Waals surface area (Å²) in [5.74, 6) is -0.332. The molecule has 9 heteroatoms. The topological polar surface area (TPSA) is 110 Å². The molecule has 2 aromatic heterocycles. The van der Waals surface area contributed by atoms with Gasteiger partial charge in [-0.05, 0) is 54.6 Å². The first-order valence-corrected chi connectivity index (χ1v) is 14.8. The molecule has 0 unspecified atom stereocenters. The maximum atomic E-state index is 12.9. The van der Waals surface area contributed by atoms with Crippen LogP contribution < -0.4 is 5.32 Å². The third kappa shape index (κ3) is 7.32. The second kappa shape index (κ2) is 13.8. The fourth-order valence-corrected chi connectivity index (χ4v) is 5.31. The predicted octanol–water partition coefficient (Wildman–Crippen LogP) is 5.49. The van der Waals surface area contributed by atoms with E-state index in [2.05, 4.69) is 32.2 Å². The van der Waals surface area contributed by atoms with E-state index in [1.54, 1.807) is 0 Å². The van der Waals surface area contributed by atoms with E-state index < -0.39 is 6.29 Å². The Morgan fingerprint density at radius 2 is 1.66 bits per heavy atom. The quantitative estimate of drug-likeness (QED) is 0.220. The third-order valence-corrected chi connectivity index (χ3v) is 7.73. The lowest BCUT2D eigenvalue weighted by molar-refractivity contribution is -0.252. The number of nitrogens with one attached hydrogen (secondary N) is 1. The van der Waals surface area contributed by atoms with Crippen molar-refractivity contribution in [3.05, 3.63) is 131 Å². The van der Waals surface area contributed by atoms with Crippen LogP contribution in [0.25, 0.3) is 11.0 Å². The molecule has 3 aromatic carbocycles. The maximum Gasteiger partial charge on any atom is 0.275 e. The Morgan fingerprint density at radius 3 is 2.41 bits per heavy atom. The Bertz CT molecular complexity index is 1680. The van der Waals surface area contributed by atoms with Gasteiger partial charge in [0.1, 0.15) is 5.69 Å². The average Bonchev–Trinajstić information content (AvgIpc) is 3.08. The highest BCUT2D eigenvalue weighted by molar-refractivity contribution is 6.03. The molecule has 224 valence electrons. The molecule has 0 spiro atoms. The van der Waals surface area contributed by atoms with E-state index in [0.717, 1.165) is 47.4 Å². The number of aromatic nitrogens is 3. The number of amides is 1. The number of likely N-dealkylation sites (N-methyl/N-ethyl adjacent to an activating group) is 1. The molecular weight excluding hydrogens is 554 g/mol. The number of carbonyl (C=O) groups excluding carboxylic acids is 1. The largest absolute Gasteiger partial charge is 0.392 e. The second-order valence-corrected chi connectivity index (χ2v) is 11.0. The van der Waals surface area contributed by atoms with Crippen molar-refractivity contribution in [1.29, 1.82) is 0 Å². The molecule has 0 radical (unpaired) electrons. The Kier molecular flexibility index (Phi) is 9.28. The van der Waals surface area contributed by atoms with Gasteiger partial charge in [0.05, 0.1) is 36.0 Å². The number of ether oxygens (including phenoxy) is 2.